The van der Waals surface area contributed by atoms with Crippen LogP contribution in [0, 0.1) is 17.7 Å². The number of nitrogens with one attached hydrogen (secondary N) is 2. The fraction of sp³-hybridized carbons (Fsp3) is 0.680. The summed E-state index contributed by atoms with van der Waals surface area (Å²) in [5.41, 5.74) is 6.54. The van der Waals surface area contributed by atoms with Gasteiger partial charge in [-0.25, -0.2) is 9.82 Å². The van der Waals surface area contributed by atoms with Gasteiger partial charge >= 0.3 is 0 Å². The van der Waals surface area contributed by atoms with Crippen LogP contribution in [-0.4, -0.2) is 48.9 Å². The van der Waals surface area contributed by atoms with Crippen molar-refractivity contribution < 1.29 is 14.0 Å². The molecule has 1 unspecified atom stereocenters. The maximum Gasteiger partial charge on any atom is 0.235 e. The van der Waals surface area contributed by atoms with Crippen LogP contribution in [0.3, 0.4) is 0 Å². The molecule has 2 fully saturated rings. The summed E-state index contributed by atoms with van der Waals surface area (Å²) in [7, 11) is 1.61. The Balaban J connectivity index is 1.42. The van der Waals surface area contributed by atoms with E-state index < -0.39 is 5.92 Å². The molecular formula is C25H37FN4O2. The predicted molar refractivity (Wildman–Crippen MR) is 124 cm³/mol. The lowest BCUT2D eigenvalue weighted by Gasteiger charge is -2.43. The summed E-state index contributed by atoms with van der Waals surface area (Å²) in [6.45, 7) is 6.66. The fourth-order valence-electron chi connectivity index (χ4n) is 6.04. The van der Waals surface area contributed by atoms with Crippen molar-refractivity contribution in [2.24, 2.45) is 11.8 Å². The van der Waals surface area contributed by atoms with Gasteiger partial charge in [0.2, 0.25) is 11.8 Å². The number of hydrogen-bond donors (Lipinski definition) is 2. The van der Waals surface area contributed by atoms with E-state index in [9.17, 15) is 14.0 Å². The molecule has 1 saturated heterocycles. The van der Waals surface area contributed by atoms with Crippen LogP contribution in [0.2, 0.25) is 0 Å². The van der Waals surface area contributed by atoms with Gasteiger partial charge in [0.15, 0.2) is 0 Å². The number of carbonyl (C=O) groups is 2. The van der Waals surface area contributed by atoms with Gasteiger partial charge in [0.1, 0.15) is 5.82 Å². The Bertz CT molecular complexity index is 829. The molecule has 0 aromatic heterocycles. The zero-order valence-corrected chi connectivity index (χ0v) is 19.6. The predicted octanol–water partition coefficient (Wildman–Crippen LogP) is 3.58. The minimum Gasteiger partial charge on any atom is -0.308 e. The molecule has 2 aliphatic heterocycles. The summed E-state index contributed by atoms with van der Waals surface area (Å²) in [5.74, 6) is 0.293. The highest BCUT2D eigenvalue weighted by Gasteiger charge is 2.43. The third kappa shape index (κ3) is 4.69. The zero-order valence-electron chi connectivity index (χ0n) is 19.6. The highest BCUT2D eigenvalue weighted by molar-refractivity contribution is 6.07. The van der Waals surface area contributed by atoms with Crippen LogP contribution >= 0.6 is 0 Å². The summed E-state index contributed by atoms with van der Waals surface area (Å²) >= 11 is 0. The molecule has 2 amide bonds. The van der Waals surface area contributed by atoms with E-state index in [0.29, 0.717) is 11.6 Å². The Morgan fingerprint density at radius 2 is 1.78 bits per heavy atom. The monoisotopic (exact) mass is 444 g/mol. The molecule has 0 spiro atoms. The van der Waals surface area contributed by atoms with Gasteiger partial charge in [-0.2, -0.15) is 0 Å². The molecule has 7 heteroatoms. The minimum atomic E-state index is -0.626. The smallest absolute Gasteiger partial charge is 0.235 e. The van der Waals surface area contributed by atoms with E-state index in [-0.39, 0.29) is 30.1 Å². The van der Waals surface area contributed by atoms with Crippen LogP contribution in [-0.2, 0) is 9.59 Å². The van der Waals surface area contributed by atoms with Gasteiger partial charge in [0.25, 0.3) is 0 Å². The van der Waals surface area contributed by atoms with Crippen molar-refractivity contribution in [3.63, 3.8) is 0 Å². The van der Waals surface area contributed by atoms with Gasteiger partial charge in [-0.1, -0.05) is 13.8 Å². The standard InChI is InChI=1S/C25H37FN4O2/c1-16(2)17-4-7-19(8-5-17)29-12-10-20(11-13-29)30-23-9-6-18(26)14-21(23)22(25(30)32)15-24(31)28-27-3/h6,9,14,16-17,19-20,22,27H,4-5,7-8,10-13,15H2,1-3H3,(H,28,31)/t17-,19+,22?. The molecule has 1 atom stereocenters. The summed E-state index contributed by atoms with van der Waals surface area (Å²) in [6.07, 6.45) is 7.06. The lowest BCUT2D eigenvalue weighted by atomic mass is 9.79. The molecule has 32 heavy (non-hydrogen) atoms. The SMILES string of the molecule is CNNC(=O)CC1C(=O)N(C2CCN([C@H]3CC[C@@H](C(C)C)CC3)CC2)c2ccc(F)cc21. The second-order valence-electron chi connectivity index (χ2n) is 10.0. The molecule has 2 heterocycles. The average Bonchev–Trinajstić information content (AvgIpc) is 3.05. The second-order valence-corrected chi connectivity index (χ2v) is 10.0. The maximum atomic E-state index is 14.0. The first kappa shape index (κ1) is 23.2. The van der Waals surface area contributed by atoms with Crippen LogP contribution in [0.4, 0.5) is 10.1 Å². The second kappa shape index (κ2) is 9.87. The third-order valence-electron chi connectivity index (χ3n) is 7.88. The van der Waals surface area contributed by atoms with E-state index in [1.807, 2.05) is 4.90 Å². The maximum absolute atomic E-state index is 14.0. The van der Waals surface area contributed by atoms with Crippen LogP contribution in [0.15, 0.2) is 18.2 Å². The Hall–Kier alpha value is -1.99. The largest absolute Gasteiger partial charge is 0.308 e. The Kier molecular flexibility index (Phi) is 7.15. The molecular weight excluding hydrogens is 407 g/mol. The summed E-state index contributed by atoms with van der Waals surface area (Å²) in [4.78, 5) is 30.0. The number of hydrogen-bond acceptors (Lipinski definition) is 4. The van der Waals surface area contributed by atoms with Gasteiger partial charge in [-0.3, -0.25) is 15.0 Å². The Morgan fingerprint density at radius 3 is 2.41 bits per heavy atom. The number of amides is 2. The number of carbonyl (C=O) groups excluding carboxylic acids is 2. The first-order chi connectivity index (χ1) is 15.4. The number of benzene rings is 1. The average molecular weight is 445 g/mol. The van der Waals surface area contributed by atoms with Crippen molar-refractivity contribution in [3.05, 3.63) is 29.6 Å². The van der Waals surface area contributed by atoms with Gasteiger partial charge in [0.05, 0.1) is 5.92 Å². The molecule has 176 valence electrons. The van der Waals surface area contributed by atoms with Crippen molar-refractivity contribution in [1.29, 1.82) is 0 Å². The lowest BCUT2D eigenvalue weighted by molar-refractivity contribution is -0.126. The molecule has 1 saturated carbocycles. The molecule has 1 aromatic rings. The molecule has 1 aliphatic carbocycles. The highest BCUT2D eigenvalue weighted by Crippen LogP contribution is 2.42. The van der Waals surface area contributed by atoms with Crippen molar-refractivity contribution in [1.82, 2.24) is 15.8 Å². The number of halogens is 1. The van der Waals surface area contributed by atoms with E-state index in [4.69, 9.17) is 0 Å². The number of likely N-dealkylation sites (tertiary alicyclic amines) is 1. The molecule has 0 bridgehead atoms. The van der Waals surface area contributed by atoms with Crippen molar-refractivity contribution in [2.45, 2.75) is 76.8 Å². The molecule has 1 aromatic carbocycles. The summed E-state index contributed by atoms with van der Waals surface area (Å²) < 4.78 is 14.0. The van der Waals surface area contributed by atoms with Crippen molar-refractivity contribution in [2.75, 3.05) is 25.0 Å². The zero-order chi connectivity index (χ0) is 22.8. The lowest BCUT2D eigenvalue weighted by Crippen LogP contribution is -2.50. The fourth-order valence-corrected chi connectivity index (χ4v) is 6.04. The van der Waals surface area contributed by atoms with E-state index >= 15 is 0 Å². The normalized spacial score (nSPS) is 27.1. The van der Waals surface area contributed by atoms with Crippen LogP contribution in [0.25, 0.3) is 0 Å². The van der Waals surface area contributed by atoms with Crippen molar-refractivity contribution in [3.8, 4) is 0 Å². The van der Waals surface area contributed by atoms with Gasteiger partial charge in [-0.05, 0) is 74.1 Å². The third-order valence-corrected chi connectivity index (χ3v) is 7.88. The van der Waals surface area contributed by atoms with Crippen molar-refractivity contribution >= 4 is 17.5 Å². The highest BCUT2D eigenvalue weighted by atomic mass is 19.1. The number of fused-ring (bicyclic) bond motifs is 1. The number of rotatable bonds is 6. The quantitative estimate of drug-likeness (QED) is 0.659. The number of nitrogens with zero attached hydrogens (tertiary/aromatic N) is 2. The van der Waals surface area contributed by atoms with Crippen LogP contribution in [0.1, 0.15) is 70.3 Å². The van der Waals surface area contributed by atoms with E-state index in [2.05, 4.69) is 29.6 Å². The molecule has 0 radical (unpaired) electrons. The first-order valence-electron chi connectivity index (χ1n) is 12.2. The molecule has 3 aliphatic rings. The summed E-state index contributed by atoms with van der Waals surface area (Å²) in [6, 6.07) is 5.31. The summed E-state index contributed by atoms with van der Waals surface area (Å²) in [5, 5.41) is 0. The van der Waals surface area contributed by atoms with Crippen LogP contribution in [0.5, 0.6) is 0 Å². The van der Waals surface area contributed by atoms with E-state index in [1.54, 1.807) is 13.1 Å². The van der Waals surface area contributed by atoms with Crippen LogP contribution < -0.4 is 15.8 Å². The van der Waals surface area contributed by atoms with Gasteiger partial charge in [0, 0.05) is 44.3 Å². The van der Waals surface area contributed by atoms with E-state index in [1.165, 1.54) is 37.8 Å². The van der Waals surface area contributed by atoms with Gasteiger partial charge < -0.3 is 9.80 Å². The number of hydrazine groups is 1. The molecule has 4 rings (SSSR count). The topological polar surface area (TPSA) is 64.7 Å². The number of piperidine rings is 1. The first-order valence-corrected chi connectivity index (χ1v) is 12.2. The molecule has 2 N–H and O–H groups in total. The Morgan fingerprint density at radius 1 is 1.09 bits per heavy atom. The van der Waals surface area contributed by atoms with E-state index in [0.717, 1.165) is 43.5 Å². The minimum absolute atomic E-state index is 0.0184. The molecule has 6 nitrogen and oxygen atoms in total. The number of anilines is 1. The Labute approximate surface area is 190 Å². The van der Waals surface area contributed by atoms with Gasteiger partial charge in [-0.15, -0.1) is 0 Å².